The lowest BCUT2D eigenvalue weighted by molar-refractivity contribution is -0.147. The van der Waals surface area contributed by atoms with E-state index in [2.05, 4.69) is 4.74 Å². The van der Waals surface area contributed by atoms with E-state index in [0.717, 1.165) is 0 Å². The Labute approximate surface area is 91.7 Å². The number of esters is 1. The van der Waals surface area contributed by atoms with E-state index in [9.17, 15) is 9.18 Å². The van der Waals surface area contributed by atoms with Crippen molar-refractivity contribution < 1.29 is 18.7 Å². The molecule has 1 aromatic carbocycles. The average molecular weight is 233 g/mol. The van der Waals surface area contributed by atoms with Gasteiger partial charge < -0.3 is 9.47 Å². The zero-order valence-corrected chi connectivity index (χ0v) is 9.05. The minimum atomic E-state index is -0.753. The standard InChI is InChI=1S/C10H10ClFO3/c1-6(10(13)14-2)15-7-3-4-9(12)8(11)5-7/h3-6H,1-2H3. The maximum Gasteiger partial charge on any atom is 0.346 e. The molecule has 0 spiro atoms. The van der Waals surface area contributed by atoms with Crippen molar-refractivity contribution in [3.05, 3.63) is 29.0 Å². The Morgan fingerprint density at radius 1 is 1.53 bits per heavy atom. The summed E-state index contributed by atoms with van der Waals surface area (Å²) in [7, 11) is 1.26. The van der Waals surface area contributed by atoms with Crippen LogP contribution in [0.1, 0.15) is 6.92 Å². The van der Waals surface area contributed by atoms with Crippen molar-refractivity contribution in [2.45, 2.75) is 13.0 Å². The zero-order valence-electron chi connectivity index (χ0n) is 8.29. The van der Waals surface area contributed by atoms with Gasteiger partial charge in [-0.3, -0.25) is 0 Å². The Morgan fingerprint density at radius 2 is 2.20 bits per heavy atom. The summed E-state index contributed by atoms with van der Waals surface area (Å²) in [6.45, 7) is 1.53. The van der Waals surface area contributed by atoms with Crippen LogP contribution < -0.4 is 4.74 Å². The van der Waals surface area contributed by atoms with E-state index < -0.39 is 17.9 Å². The molecule has 0 amide bonds. The van der Waals surface area contributed by atoms with Crippen LogP contribution in [0.2, 0.25) is 5.02 Å². The van der Waals surface area contributed by atoms with Crippen molar-refractivity contribution in [3.63, 3.8) is 0 Å². The molecule has 0 aromatic heterocycles. The third-order valence-corrected chi connectivity index (χ3v) is 2.03. The number of hydrogen-bond acceptors (Lipinski definition) is 3. The summed E-state index contributed by atoms with van der Waals surface area (Å²) in [4.78, 5) is 11.0. The fourth-order valence-electron chi connectivity index (χ4n) is 0.968. The number of hydrogen-bond donors (Lipinski definition) is 0. The molecule has 0 saturated heterocycles. The number of methoxy groups -OCH3 is 1. The Balaban J connectivity index is 2.73. The predicted molar refractivity (Wildman–Crippen MR) is 53.5 cm³/mol. The first kappa shape index (κ1) is 11.8. The highest BCUT2D eigenvalue weighted by molar-refractivity contribution is 6.30. The molecule has 1 aromatic rings. The van der Waals surface area contributed by atoms with Crippen LogP contribution in [0.15, 0.2) is 18.2 Å². The van der Waals surface area contributed by atoms with Gasteiger partial charge in [-0.25, -0.2) is 9.18 Å². The molecule has 82 valence electrons. The Morgan fingerprint density at radius 3 is 2.73 bits per heavy atom. The van der Waals surface area contributed by atoms with Gasteiger partial charge in [0.25, 0.3) is 0 Å². The summed E-state index contributed by atoms with van der Waals surface area (Å²) in [6, 6.07) is 3.86. The first-order valence-electron chi connectivity index (χ1n) is 4.24. The molecule has 1 atom stereocenters. The molecule has 1 rings (SSSR count). The molecule has 0 radical (unpaired) electrons. The first-order valence-corrected chi connectivity index (χ1v) is 4.62. The van der Waals surface area contributed by atoms with Crippen LogP contribution in [0.3, 0.4) is 0 Å². The smallest absolute Gasteiger partial charge is 0.346 e. The molecule has 0 aliphatic heterocycles. The summed E-state index contributed by atoms with van der Waals surface area (Å²) in [5, 5.41) is -0.0513. The summed E-state index contributed by atoms with van der Waals surface area (Å²) in [5.41, 5.74) is 0. The van der Waals surface area contributed by atoms with E-state index in [1.165, 1.54) is 32.2 Å². The molecule has 0 N–H and O–H groups in total. The molecular formula is C10H10ClFO3. The number of carbonyl (C=O) groups excluding carboxylic acids is 1. The molecule has 15 heavy (non-hydrogen) atoms. The van der Waals surface area contributed by atoms with Crippen LogP contribution >= 0.6 is 11.6 Å². The van der Waals surface area contributed by atoms with Crippen LogP contribution in [-0.2, 0) is 9.53 Å². The van der Waals surface area contributed by atoms with Crippen molar-refractivity contribution in [3.8, 4) is 5.75 Å². The highest BCUT2D eigenvalue weighted by Crippen LogP contribution is 2.21. The summed E-state index contributed by atoms with van der Waals surface area (Å²) in [5.74, 6) is -0.718. The quantitative estimate of drug-likeness (QED) is 0.751. The van der Waals surface area contributed by atoms with Gasteiger partial charge in [0.2, 0.25) is 0 Å². The van der Waals surface area contributed by atoms with Gasteiger partial charge in [0, 0.05) is 6.07 Å². The third kappa shape index (κ3) is 3.09. The Kier molecular flexibility index (Phi) is 3.91. The van der Waals surface area contributed by atoms with Crippen molar-refractivity contribution in [1.82, 2.24) is 0 Å². The van der Waals surface area contributed by atoms with Crippen LogP contribution in [0, 0.1) is 5.82 Å². The number of carbonyl (C=O) groups is 1. The largest absolute Gasteiger partial charge is 0.479 e. The second-order valence-electron chi connectivity index (χ2n) is 2.86. The van der Waals surface area contributed by atoms with Crippen molar-refractivity contribution in [1.29, 1.82) is 0 Å². The minimum absolute atomic E-state index is 0.0513. The lowest BCUT2D eigenvalue weighted by Gasteiger charge is -2.12. The van der Waals surface area contributed by atoms with Crippen LogP contribution in [0.4, 0.5) is 4.39 Å². The van der Waals surface area contributed by atoms with E-state index >= 15 is 0 Å². The molecule has 0 fully saturated rings. The number of benzene rings is 1. The van der Waals surface area contributed by atoms with Gasteiger partial charge in [0.05, 0.1) is 12.1 Å². The molecule has 3 nitrogen and oxygen atoms in total. The minimum Gasteiger partial charge on any atom is -0.479 e. The monoisotopic (exact) mass is 232 g/mol. The van der Waals surface area contributed by atoms with Gasteiger partial charge in [-0.15, -0.1) is 0 Å². The van der Waals surface area contributed by atoms with Crippen molar-refractivity contribution in [2.75, 3.05) is 7.11 Å². The molecule has 0 aliphatic carbocycles. The number of rotatable bonds is 3. The average Bonchev–Trinajstić information content (AvgIpc) is 2.22. The van der Waals surface area contributed by atoms with Crippen LogP contribution in [0.5, 0.6) is 5.75 Å². The van der Waals surface area contributed by atoms with E-state index in [1.807, 2.05) is 0 Å². The molecular weight excluding hydrogens is 223 g/mol. The first-order chi connectivity index (χ1) is 7.04. The highest BCUT2D eigenvalue weighted by atomic mass is 35.5. The number of halogens is 2. The van der Waals surface area contributed by atoms with Crippen LogP contribution in [0.25, 0.3) is 0 Å². The maximum atomic E-state index is 12.8. The third-order valence-electron chi connectivity index (χ3n) is 1.74. The zero-order chi connectivity index (χ0) is 11.4. The van der Waals surface area contributed by atoms with E-state index in [1.54, 1.807) is 0 Å². The molecule has 1 unspecified atom stereocenters. The summed E-state index contributed by atoms with van der Waals surface area (Å²) in [6.07, 6.45) is -0.753. The van der Waals surface area contributed by atoms with E-state index in [4.69, 9.17) is 16.3 Å². The summed E-state index contributed by atoms with van der Waals surface area (Å²) >= 11 is 5.54. The lowest BCUT2D eigenvalue weighted by atomic mass is 10.3. The summed E-state index contributed by atoms with van der Waals surface area (Å²) < 4.78 is 22.4. The van der Waals surface area contributed by atoms with Crippen molar-refractivity contribution in [2.24, 2.45) is 0 Å². The van der Waals surface area contributed by atoms with Gasteiger partial charge in [-0.2, -0.15) is 0 Å². The molecule has 0 heterocycles. The Hall–Kier alpha value is -1.29. The van der Waals surface area contributed by atoms with E-state index in [0.29, 0.717) is 5.75 Å². The topological polar surface area (TPSA) is 35.5 Å². The molecule has 0 saturated carbocycles. The van der Waals surface area contributed by atoms with Crippen molar-refractivity contribution >= 4 is 17.6 Å². The van der Waals surface area contributed by atoms with E-state index in [-0.39, 0.29) is 5.02 Å². The Bertz CT molecular complexity index is 368. The predicted octanol–water partition coefficient (Wildman–Crippen LogP) is 2.42. The van der Waals surface area contributed by atoms with Gasteiger partial charge in [0.15, 0.2) is 6.10 Å². The second-order valence-corrected chi connectivity index (χ2v) is 3.27. The van der Waals surface area contributed by atoms with Gasteiger partial charge >= 0.3 is 5.97 Å². The fourth-order valence-corrected chi connectivity index (χ4v) is 1.14. The normalized spacial score (nSPS) is 12.0. The SMILES string of the molecule is COC(=O)C(C)Oc1ccc(F)c(Cl)c1. The number of ether oxygens (including phenoxy) is 2. The fraction of sp³-hybridized carbons (Fsp3) is 0.300. The highest BCUT2D eigenvalue weighted by Gasteiger charge is 2.15. The van der Waals surface area contributed by atoms with Gasteiger partial charge in [-0.1, -0.05) is 11.6 Å². The molecule has 5 heteroatoms. The maximum absolute atomic E-state index is 12.8. The van der Waals surface area contributed by atoms with Crippen LogP contribution in [-0.4, -0.2) is 19.2 Å². The lowest BCUT2D eigenvalue weighted by Crippen LogP contribution is -2.24. The van der Waals surface area contributed by atoms with Gasteiger partial charge in [0.1, 0.15) is 11.6 Å². The molecule has 0 aliphatic rings. The second kappa shape index (κ2) is 4.98. The molecule has 0 bridgehead atoms. The van der Waals surface area contributed by atoms with Gasteiger partial charge in [-0.05, 0) is 19.1 Å².